The van der Waals surface area contributed by atoms with Crippen LogP contribution in [0.5, 0.6) is 0 Å². The SMILES string of the molecule is Cc1ccc(CN2CC(=O)NC(CC(C)C)C2=O)cn1. The average Bonchev–Trinajstić information content (AvgIpc) is 2.37. The molecule has 1 saturated heterocycles. The predicted octanol–water partition coefficient (Wildman–Crippen LogP) is 1.26. The van der Waals surface area contributed by atoms with E-state index in [9.17, 15) is 9.59 Å². The molecule has 1 aliphatic rings. The number of aromatic nitrogens is 1. The van der Waals surface area contributed by atoms with Crippen molar-refractivity contribution < 1.29 is 9.59 Å². The Hall–Kier alpha value is -1.91. The number of piperazine rings is 1. The van der Waals surface area contributed by atoms with Crippen LogP contribution in [-0.4, -0.2) is 34.3 Å². The summed E-state index contributed by atoms with van der Waals surface area (Å²) in [5.74, 6) is 0.277. The summed E-state index contributed by atoms with van der Waals surface area (Å²) in [6.07, 6.45) is 2.43. The molecule has 0 spiro atoms. The molecule has 108 valence electrons. The third-order valence-corrected chi connectivity index (χ3v) is 3.33. The smallest absolute Gasteiger partial charge is 0.245 e. The van der Waals surface area contributed by atoms with E-state index in [1.165, 1.54) is 0 Å². The fourth-order valence-electron chi connectivity index (χ4n) is 2.35. The van der Waals surface area contributed by atoms with Gasteiger partial charge in [0.15, 0.2) is 0 Å². The maximum Gasteiger partial charge on any atom is 0.245 e. The van der Waals surface area contributed by atoms with Crippen molar-refractivity contribution in [1.29, 1.82) is 0 Å². The van der Waals surface area contributed by atoms with Gasteiger partial charge in [-0.15, -0.1) is 0 Å². The summed E-state index contributed by atoms with van der Waals surface area (Å²) in [5.41, 5.74) is 1.89. The standard InChI is InChI=1S/C15H21N3O2/c1-10(2)6-13-15(20)18(9-14(19)17-13)8-12-5-4-11(3)16-7-12/h4-5,7,10,13H,6,8-9H2,1-3H3,(H,17,19). The van der Waals surface area contributed by atoms with E-state index in [0.717, 1.165) is 11.3 Å². The first-order valence-corrected chi connectivity index (χ1v) is 6.95. The van der Waals surface area contributed by atoms with E-state index in [-0.39, 0.29) is 18.4 Å². The number of nitrogens with one attached hydrogen (secondary N) is 1. The number of pyridine rings is 1. The Bertz CT molecular complexity index is 496. The van der Waals surface area contributed by atoms with E-state index in [1.54, 1.807) is 11.1 Å². The summed E-state index contributed by atoms with van der Waals surface area (Å²) in [7, 11) is 0. The maximum atomic E-state index is 12.4. The normalized spacial score (nSPS) is 19.4. The fourth-order valence-corrected chi connectivity index (χ4v) is 2.35. The molecule has 5 nitrogen and oxygen atoms in total. The average molecular weight is 275 g/mol. The Kier molecular flexibility index (Phi) is 4.37. The van der Waals surface area contributed by atoms with E-state index in [0.29, 0.717) is 18.9 Å². The number of aryl methyl sites for hydroxylation is 1. The van der Waals surface area contributed by atoms with Crippen LogP contribution in [0.15, 0.2) is 18.3 Å². The van der Waals surface area contributed by atoms with Crippen LogP contribution in [0, 0.1) is 12.8 Å². The van der Waals surface area contributed by atoms with Crippen molar-refractivity contribution in [2.24, 2.45) is 5.92 Å². The van der Waals surface area contributed by atoms with Crippen molar-refractivity contribution in [3.8, 4) is 0 Å². The number of carbonyl (C=O) groups excluding carboxylic acids is 2. The molecular weight excluding hydrogens is 254 g/mol. The van der Waals surface area contributed by atoms with Crippen LogP contribution in [0.3, 0.4) is 0 Å². The van der Waals surface area contributed by atoms with E-state index >= 15 is 0 Å². The summed E-state index contributed by atoms with van der Waals surface area (Å²) >= 11 is 0. The summed E-state index contributed by atoms with van der Waals surface area (Å²) in [5, 5.41) is 2.78. The third kappa shape index (κ3) is 3.56. The van der Waals surface area contributed by atoms with Crippen LogP contribution in [0.2, 0.25) is 0 Å². The van der Waals surface area contributed by atoms with Crippen LogP contribution >= 0.6 is 0 Å². The quantitative estimate of drug-likeness (QED) is 0.900. The summed E-state index contributed by atoms with van der Waals surface area (Å²) in [4.78, 5) is 29.9. The van der Waals surface area contributed by atoms with Crippen LogP contribution in [-0.2, 0) is 16.1 Å². The molecular formula is C15H21N3O2. The third-order valence-electron chi connectivity index (χ3n) is 3.33. The molecule has 2 amide bonds. The second kappa shape index (κ2) is 6.03. The largest absolute Gasteiger partial charge is 0.343 e. The lowest BCUT2D eigenvalue weighted by atomic mass is 10.0. The molecule has 1 aromatic heterocycles. The molecule has 0 radical (unpaired) electrons. The van der Waals surface area contributed by atoms with Crippen LogP contribution in [0.25, 0.3) is 0 Å². The van der Waals surface area contributed by atoms with Gasteiger partial charge in [-0.25, -0.2) is 0 Å². The van der Waals surface area contributed by atoms with Crippen molar-refractivity contribution in [2.45, 2.75) is 39.8 Å². The molecule has 0 bridgehead atoms. The highest BCUT2D eigenvalue weighted by molar-refractivity contribution is 5.94. The summed E-state index contributed by atoms with van der Waals surface area (Å²) < 4.78 is 0. The molecule has 1 N–H and O–H groups in total. The lowest BCUT2D eigenvalue weighted by molar-refractivity contribution is -0.145. The van der Waals surface area contributed by atoms with Crippen molar-refractivity contribution in [3.05, 3.63) is 29.6 Å². The van der Waals surface area contributed by atoms with Crippen LogP contribution in [0.1, 0.15) is 31.5 Å². The van der Waals surface area contributed by atoms with Gasteiger partial charge in [0.25, 0.3) is 0 Å². The molecule has 1 fully saturated rings. The minimum absolute atomic E-state index is 0.00104. The van der Waals surface area contributed by atoms with Crippen molar-refractivity contribution in [1.82, 2.24) is 15.2 Å². The highest BCUT2D eigenvalue weighted by Crippen LogP contribution is 2.14. The van der Waals surface area contributed by atoms with Gasteiger partial charge in [0.1, 0.15) is 6.04 Å². The number of rotatable bonds is 4. The molecule has 1 aromatic rings. The van der Waals surface area contributed by atoms with E-state index < -0.39 is 6.04 Å². The zero-order valence-electron chi connectivity index (χ0n) is 12.2. The zero-order valence-corrected chi connectivity index (χ0v) is 12.2. The zero-order chi connectivity index (χ0) is 14.7. The predicted molar refractivity (Wildman–Crippen MR) is 75.8 cm³/mol. The minimum atomic E-state index is -0.394. The Labute approximate surface area is 119 Å². The van der Waals surface area contributed by atoms with Gasteiger partial charge in [-0.3, -0.25) is 14.6 Å². The lowest BCUT2D eigenvalue weighted by Gasteiger charge is -2.33. The summed E-state index contributed by atoms with van der Waals surface area (Å²) in [6.45, 7) is 6.57. The Morgan fingerprint density at radius 3 is 2.75 bits per heavy atom. The molecule has 1 unspecified atom stereocenters. The first kappa shape index (κ1) is 14.5. The number of hydrogen-bond acceptors (Lipinski definition) is 3. The van der Waals surface area contributed by atoms with Crippen molar-refractivity contribution in [2.75, 3.05) is 6.54 Å². The van der Waals surface area contributed by atoms with Gasteiger partial charge in [0.05, 0.1) is 6.54 Å². The van der Waals surface area contributed by atoms with Gasteiger partial charge in [0.2, 0.25) is 11.8 Å². The van der Waals surface area contributed by atoms with E-state index in [2.05, 4.69) is 10.3 Å². The number of carbonyl (C=O) groups is 2. The molecule has 0 aromatic carbocycles. The summed E-state index contributed by atoms with van der Waals surface area (Å²) in [6, 6.07) is 3.46. The van der Waals surface area contributed by atoms with Gasteiger partial charge in [-0.05, 0) is 30.9 Å². The highest BCUT2D eigenvalue weighted by Gasteiger charge is 2.32. The van der Waals surface area contributed by atoms with Gasteiger partial charge in [0, 0.05) is 18.4 Å². The monoisotopic (exact) mass is 275 g/mol. The van der Waals surface area contributed by atoms with Crippen molar-refractivity contribution >= 4 is 11.8 Å². The minimum Gasteiger partial charge on any atom is -0.343 e. The van der Waals surface area contributed by atoms with Gasteiger partial charge in [-0.1, -0.05) is 19.9 Å². The number of amides is 2. The molecule has 1 aliphatic heterocycles. The van der Waals surface area contributed by atoms with Crippen LogP contribution in [0.4, 0.5) is 0 Å². The van der Waals surface area contributed by atoms with Gasteiger partial charge < -0.3 is 10.2 Å². The number of hydrogen-bond donors (Lipinski definition) is 1. The van der Waals surface area contributed by atoms with E-state index in [4.69, 9.17) is 0 Å². The van der Waals surface area contributed by atoms with Crippen LogP contribution < -0.4 is 5.32 Å². The fraction of sp³-hybridized carbons (Fsp3) is 0.533. The molecule has 0 saturated carbocycles. The maximum absolute atomic E-state index is 12.4. The Morgan fingerprint density at radius 2 is 2.15 bits per heavy atom. The molecule has 2 heterocycles. The molecule has 0 aliphatic carbocycles. The molecule has 1 atom stereocenters. The molecule has 20 heavy (non-hydrogen) atoms. The number of nitrogens with zero attached hydrogens (tertiary/aromatic N) is 2. The van der Waals surface area contributed by atoms with Crippen molar-refractivity contribution in [3.63, 3.8) is 0 Å². The van der Waals surface area contributed by atoms with Gasteiger partial charge >= 0.3 is 0 Å². The molecule has 2 rings (SSSR count). The highest BCUT2D eigenvalue weighted by atomic mass is 16.2. The molecule has 5 heteroatoms. The topological polar surface area (TPSA) is 62.3 Å². The van der Waals surface area contributed by atoms with E-state index in [1.807, 2.05) is 32.9 Å². The van der Waals surface area contributed by atoms with Gasteiger partial charge in [-0.2, -0.15) is 0 Å². The first-order chi connectivity index (χ1) is 9.45. The first-order valence-electron chi connectivity index (χ1n) is 6.95. The Balaban J connectivity index is 2.07. The lowest BCUT2D eigenvalue weighted by Crippen LogP contribution is -2.57. The second-order valence-electron chi connectivity index (χ2n) is 5.75. The Morgan fingerprint density at radius 1 is 1.40 bits per heavy atom. The second-order valence-corrected chi connectivity index (χ2v) is 5.75.